The molecule has 2 heterocycles. The number of likely N-dealkylation sites (N-methyl/N-ethyl adjacent to an activating group) is 1. The van der Waals surface area contributed by atoms with E-state index < -0.39 is 10.0 Å². The van der Waals surface area contributed by atoms with Gasteiger partial charge in [0.1, 0.15) is 5.82 Å². The van der Waals surface area contributed by atoms with E-state index in [1.165, 1.54) is 0 Å². The van der Waals surface area contributed by atoms with Crippen LogP contribution >= 0.6 is 0 Å². The number of hydrogen-bond donors (Lipinski definition) is 0. The maximum absolute atomic E-state index is 12.7. The van der Waals surface area contributed by atoms with E-state index in [4.69, 9.17) is 0 Å². The minimum absolute atomic E-state index is 0.0190. The molecule has 128 valence electrons. The second kappa shape index (κ2) is 7.32. The van der Waals surface area contributed by atoms with E-state index in [0.717, 1.165) is 30.8 Å². The average Bonchev–Trinajstić information content (AvgIpc) is 2.62. The van der Waals surface area contributed by atoms with Crippen molar-refractivity contribution in [3.63, 3.8) is 0 Å². The highest BCUT2D eigenvalue weighted by Gasteiger charge is 2.30. The van der Waals surface area contributed by atoms with Crippen molar-refractivity contribution in [2.75, 3.05) is 25.0 Å². The lowest BCUT2D eigenvalue weighted by atomic mass is 10.1. The predicted octanol–water partition coefficient (Wildman–Crippen LogP) is 2.51. The van der Waals surface area contributed by atoms with Crippen molar-refractivity contribution in [3.05, 3.63) is 60.3 Å². The molecule has 1 fully saturated rings. The van der Waals surface area contributed by atoms with Crippen molar-refractivity contribution in [1.29, 1.82) is 0 Å². The van der Waals surface area contributed by atoms with Gasteiger partial charge in [0.2, 0.25) is 10.0 Å². The van der Waals surface area contributed by atoms with Crippen LogP contribution in [0.5, 0.6) is 0 Å². The molecule has 6 heteroatoms. The van der Waals surface area contributed by atoms with Gasteiger partial charge in [0, 0.05) is 32.4 Å². The second-order valence-corrected chi connectivity index (χ2v) is 8.22. The van der Waals surface area contributed by atoms with Gasteiger partial charge in [-0.3, -0.25) is 0 Å². The molecule has 5 nitrogen and oxygen atoms in total. The van der Waals surface area contributed by atoms with Gasteiger partial charge in [-0.1, -0.05) is 36.4 Å². The van der Waals surface area contributed by atoms with Gasteiger partial charge in [-0.15, -0.1) is 0 Å². The molecule has 1 aliphatic heterocycles. The Labute approximate surface area is 144 Å². The summed E-state index contributed by atoms with van der Waals surface area (Å²) in [5.74, 6) is 0.959. The second-order valence-electron chi connectivity index (χ2n) is 6.19. The maximum Gasteiger partial charge on any atom is 0.218 e. The van der Waals surface area contributed by atoms with Crippen LogP contribution in [0.4, 0.5) is 5.82 Å². The summed E-state index contributed by atoms with van der Waals surface area (Å²) in [7, 11) is -1.63. The molecule has 1 saturated heterocycles. The fourth-order valence-electron chi connectivity index (χ4n) is 3.11. The molecule has 0 saturated carbocycles. The predicted molar refractivity (Wildman–Crippen MR) is 96.3 cm³/mol. The van der Waals surface area contributed by atoms with Gasteiger partial charge in [0.15, 0.2) is 0 Å². The first-order valence-electron chi connectivity index (χ1n) is 8.22. The number of rotatable bonds is 5. The van der Waals surface area contributed by atoms with Crippen LogP contribution in [-0.2, 0) is 15.8 Å². The first-order chi connectivity index (χ1) is 11.6. The molecular formula is C18H23N3O2S. The van der Waals surface area contributed by atoms with Crippen LogP contribution < -0.4 is 4.90 Å². The summed E-state index contributed by atoms with van der Waals surface area (Å²) < 4.78 is 27.0. The lowest BCUT2D eigenvalue weighted by molar-refractivity contribution is 0.319. The molecule has 1 aromatic carbocycles. The Hall–Kier alpha value is -1.92. The van der Waals surface area contributed by atoms with Crippen molar-refractivity contribution < 1.29 is 8.42 Å². The van der Waals surface area contributed by atoms with Crippen LogP contribution in [0, 0.1) is 0 Å². The monoisotopic (exact) mass is 345 g/mol. The van der Waals surface area contributed by atoms with Crippen LogP contribution in [0.1, 0.15) is 18.4 Å². The minimum Gasteiger partial charge on any atom is -0.355 e. The lowest BCUT2D eigenvalue weighted by Gasteiger charge is -2.37. The number of piperidine rings is 1. The molecule has 3 rings (SSSR count). The molecule has 24 heavy (non-hydrogen) atoms. The zero-order chi connectivity index (χ0) is 17.0. The summed E-state index contributed by atoms with van der Waals surface area (Å²) in [4.78, 5) is 6.55. The highest BCUT2D eigenvalue weighted by Crippen LogP contribution is 2.22. The molecule has 0 radical (unpaired) electrons. The first-order valence-corrected chi connectivity index (χ1v) is 9.83. The van der Waals surface area contributed by atoms with E-state index in [9.17, 15) is 8.42 Å². The Bertz CT molecular complexity index is 750. The SMILES string of the molecule is CN([C@H]1CCCN(c2ccccn2)C1)S(=O)(=O)Cc1ccccc1. The molecule has 0 aliphatic carbocycles. The summed E-state index contributed by atoms with van der Waals surface area (Å²) >= 11 is 0. The number of nitrogens with zero attached hydrogens (tertiary/aromatic N) is 3. The zero-order valence-corrected chi connectivity index (χ0v) is 14.7. The molecular weight excluding hydrogens is 322 g/mol. The van der Waals surface area contributed by atoms with Crippen molar-refractivity contribution >= 4 is 15.8 Å². The Morgan fingerprint density at radius 3 is 2.62 bits per heavy atom. The number of anilines is 1. The maximum atomic E-state index is 12.7. The Morgan fingerprint density at radius 2 is 1.92 bits per heavy atom. The van der Waals surface area contributed by atoms with Crippen LogP contribution in [0.15, 0.2) is 54.7 Å². The van der Waals surface area contributed by atoms with Crippen LogP contribution in [0.25, 0.3) is 0 Å². The number of benzene rings is 1. The number of aromatic nitrogens is 1. The largest absolute Gasteiger partial charge is 0.355 e. The zero-order valence-electron chi connectivity index (χ0n) is 13.9. The summed E-state index contributed by atoms with van der Waals surface area (Å²) in [6, 6.07) is 15.1. The fourth-order valence-corrected chi connectivity index (χ4v) is 4.56. The van der Waals surface area contributed by atoms with Gasteiger partial charge in [0.05, 0.1) is 5.75 Å². The van der Waals surface area contributed by atoms with E-state index in [1.54, 1.807) is 17.5 Å². The van der Waals surface area contributed by atoms with Crippen molar-refractivity contribution in [2.45, 2.75) is 24.6 Å². The third-order valence-corrected chi connectivity index (χ3v) is 6.39. The van der Waals surface area contributed by atoms with Gasteiger partial charge in [-0.25, -0.2) is 13.4 Å². The molecule has 0 bridgehead atoms. The molecule has 0 unspecified atom stereocenters. The van der Waals surface area contributed by atoms with E-state index in [-0.39, 0.29) is 11.8 Å². The van der Waals surface area contributed by atoms with Gasteiger partial charge in [-0.2, -0.15) is 4.31 Å². The Kier molecular flexibility index (Phi) is 5.16. The number of hydrogen-bond acceptors (Lipinski definition) is 4. The van der Waals surface area contributed by atoms with E-state index in [0.29, 0.717) is 6.54 Å². The number of sulfonamides is 1. The Morgan fingerprint density at radius 1 is 1.17 bits per heavy atom. The normalized spacial score (nSPS) is 18.8. The topological polar surface area (TPSA) is 53.5 Å². The smallest absolute Gasteiger partial charge is 0.218 e. The lowest BCUT2D eigenvalue weighted by Crippen LogP contribution is -2.49. The van der Waals surface area contributed by atoms with Crippen molar-refractivity contribution in [2.24, 2.45) is 0 Å². The Balaban J connectivity index is 1.70. The quantitative estimate of drug-likeness (QED) is 0.835. The van der Waals surface area contributed by atoms with E-state index in [1.807, 2.05) is 48.5 Å². The van der Waals surface area contributed by atoms with Crippen molar-refractivity contribution in [1.82, 2.24) is 9.29 Å². The summed E-state index contributed by atoms with van der Waals surface area (Å²) in [6.07, 6.45) is 3.62. The highest BCUT2D eigenvalue weighted by atomic mass is 32.2. The van der Waals surface area contributed by atoms with Crippen molar-refractivity contribution in [3.8, 4) is 0 Å². The van der Waals surface area contributed by atoms with E-state index in [2.05, 4.69) is 9.88 Å². The van der Waals surface area contributed by atoms with Gasteiger partial charge < -0.3 is 4.90 Å². The van der Waals surface area contributed by atoms with Crippen LogP contribution in [-0.4, -0.2) is 43.9 Å². The average molecular weight is 345 g/mol. The number of pyridine rings is 1. The van der Waals surface area contributed by atoms with Crippen LogP contribution in [0.2, 0.25) is 0 Å². The molecule has 0 N–H and O–H groups in total. The first kappa shape index (κ1) is 16.9. The molecule has 1 aliphatic rings. The minimum atomic E-state index is -3.33. The third-order valence-electron chi connectivity index (χ3n) is 4.51. The van der Waals surface area contributed by atoms with Gasteiger partial charge >= 0.3 is 0 Å². The molecule has 2 aromatic rings. The summed E-state index contributed by atoms with van der Waals surface area (Å²) in [6.45, 7) is 1.60. The molecule has 1 aromatic heterocycles. The molecule has 0 amide bonds. The van der Waals surface area contributed by atoms with Crippen LogP contribution in [0.3, 0.4) is 0 Å². The highest BCUT2D eigenvalue weighted by molar-refractivity contribution is 7.88. The van der Waals surface area contributed by atoms with Gasteiger partial charge in [-0.05, 0) is 30.5 Å². The molecule has 0 spiro atoms. The summed E-state index contributed by atoms with van der Waals surface area (Å²) in [5, 5.41) is 0. The van der Waals surface area contributed by atoms with Gasteiger partial charge in [0.25, 0.3) is 0 Å². The molecule has 1 atom stereocenters. The standard InChI is InChI=1S/C18H23N3O2S/c1-20(24(22,23)15-16-8-3-2-4-9-16)17-10-7-13-21(14-17)18-11-5-6-12-19-18/h2-6,8-9,11-12,17H,7,10,13-15H2,1H3/t17-/m0/s1. The summed E-state index contributed by atoms with van der Waals surface area (Å²) in [5.41, 5.74) is 0.821. The van der Waals surface area contributed by atoms with E-state index >= 15 is 0 Å². The fraction of sp³-hybridized carbons (Fsp3) is 0.389. The third kappa shape index (κ3) is 3.94.